The number of hydrogen-bond donors (Lipinski definition) is 1. The molecule has 1 atom stereocenters. The molecule has 0 spiro atoms. The molecular weight excluding hydrogens is 432 g/mol. The van der Waals surface area contributed by atoms with Crippen LogP contribution in [0.2, 0.25) is 0 Å². The van der Waals surface area contributed by atoms with Gasteiger partial charge in [-0.1, -0.05) is 0 Å². The van der Waals surface area contributed by atoms with Crippen LogP contribution in [0.5, 0.6) is 5.75 Å². The number of carbonyl (C=O) groups is 2. The van der Waals surface area contributed by atoms with Gasteiger partial charge in [-0.25, -0.2) is 13.2 Å². The second kappa shape index (κ2) is 10.1. The van der Waals surface area contributed by atoms with Crippen LogP contribution in [-0.2, 0) is 19.6 Å². The largest absolute Gasteiger partial charge is 0.496 e. The van der Waals surface area contributed by atoms with Crippen LogP contribution in [0.15, 0.2) is 47.4 Å². The third-order valence-electron chi connectivity index (χ3n) is 5.42. The van der Waals surface area contributed by atoms with Crippen LogP contribution in [0.25, 0.3) is 0 Å². The summed E-state index contributed by atoms with van der Waals surface area (Å²) in [5.74, 6) is -0.525. The van der Waals surface area contributed by atoms with Gasteiger partial charge in [0.1, 0.15) is 5.75 Å². The van der Waals surface area contributed by atoms with E-state index in [1.165, 1.54) is 17.5 Å². The molecule has 0 unspecified atom stereocenters. The predicted octanol–water partition coefficient (Wildman–Crippen LogP) is 3.22. The van der Waals surface area contributed by atoms with Crippen molar-refractivity contribution in [3.63, 3.8) is 0 Å². The molecule has 0 radical (unpaired) electrons. The molecule has 9 heteroatoms. The number of benzene rings is 2. The Morgan fingerprint density at radius 2 is 1.88 bits per heavy atom. The Morgan fingerprint density at radius 3 is 2.50 bits per heavy atom. The van der Waals surface area contributed by atoms with Gasteiger partial charge in [-0.3, -0.25) is 4.79 Å². The Bertz CT molecular complexity index is 1080. The molecule has 1 heterocycles. The van der Waals surface area contributed by atoms with Gasteiger partial charge in [-0.2, -0.15) is 4.31 Å². The van der Waals surface area contributed by atoms with Gasteiger partial charge in [-0.15, -0.1) is 0 Å². The van der Waals surface area contributed by atoms with E-state index < -0.39 is 21.9 Å². The minimum Gasteiger partial charge on any atom is -0.496 e. The minimum atomic E-state index is -3.72. The molecule has 2 aromatic carbocycles. The van der Waals surface area contributed by atoms with E-state index in [0.717, 1.165) is 5.56 Å². The molecule has 1 aliphatic rings. The fourth-order valence-electron chi connectivity index (χ4n) is 3.68. The van der Waals surface area contributed by atoms with Crippen molar-refractivity contribution < 1.29 is 27.5 Å². The molecule has 0 aromatic heterocycles. The summed E-state index contributed by atoms with van der Waals surface area (Å²) >= 11 is 0. The number of ether oxygens (including phenoxy) is 2. The molecule has 0 bridgehead atoms. The maximum absolute atomic E-state index is 13.1. The summed E-state index contributed by atoms with van der Waals surface area (Å²) < 4.78 is 37.8. The number of nitrogens with zero attached hydrogens (tertiary/aromatic N) is 1. The van der Waals surface area contributed by atoms with E-state index in [1.807, 2.05) is 0 Å². The zero-order valence-electron chi connectivity index (χ0n) is 18.5. The fraction of sp³-hybridized carbons (Fsp3) is 0.391. The first-order valence-electron chi connectivity index (χ1n) is 10.5. The molecule has 0 saturated carbocycles. The molecule has 1 aliphatic heterocycles. The second-order valence-electron chi connectivity index (χ2n) is 7.62. The van der Waals surface area contributed by atoms with Gasteiger partial charge in [0, 0.05) is 18.8 Å². The number of nitrogens with one attached hydrogen (secondary N) is 1. The SMILES string of the molecule is CCOC(=O)c1ccc(NC(=O)[C@H]2CCCN(S(=O)(=O)c3ccc(OC)c(C)c3)C2)cc1. The van der Waals surface area contributed by atoms with Crippen LogP contribution in [-0.4, -0.2) is 51.4 Å². The fourth-order valence-corrected chi connectivity index (χ4v) is 5.29. The predicted molar refractivity (Wildman–Crippen MR) is 120 cm³/mol. The molecular formula is C23H28N2O6S. The molecule has 3 rings (SSSR count). The maximum atomic E-state index is 13.1. The number of piperidine rings is 1. The van der Waals surface area contributed by atoms with E-state index in [9.17, 15) is 18.0 Å². The number of aryl methyl sites for hydroxylation is 1. The Balaban J connectivity index is 1.68. The average Bonchev–Trinajstić information content (AvgIpc) is 2.79. The zero-order chi connectivity index (χ0) is 23.3. The zero-order valence-corrected chi connectivity index (χ0v) is 19.3. The summed E-state index contributed by atoms with van der Waals surface area (Å²) in [5.41, 5.74) is 1.66. The molecule has 1 saturated heterocycles. The van der Waals surface area contributed by atoms with E-state index in [4.69, 9.17) is 9.47 Å². The molecule has 2 aromatic rings. The number of hydrogen-bond acceptors (Lipinski definition) is 6. The van der Waals surface area contributed by atoms with Gasteiger partial charge in [-0.05, 0) is 74.7 Å². The van der Waals surface area contributed by atoms with Crippen molar-refractivity contribution in [2.45, 2.75) is 31.6 Å². The summed E-state index contributed by atoms with van der Waals surface area (Å²) in [7, 11) is -2.19. The standard InChI is InChI=1S/C23H28N2O6S/c1-4-31-23(27)17-7-9-19(10-8-17)24-22(26)18-6-5-13-25(15-18)32(28,29)20-11-12-21(30-3)16(2)14-20/h7-12,14,18H,4-6,13,15H2,1-3H3,(H,24,26)/t18-/m0/s1. The monoisotopic (exact) mass is 460 g/mol. The third kappa shape index (κ3) is 5.28. The van der Waals surface area contributed by atoms with Crippen molar-refractivity contribution in [2.24, 2.45) is 5.92 Å². The lowest BCUT2D eigenvalue weighted by Gasteiger charge is -2.31. The van der Waals surface area contributed by atoms with Gasteiger partial charge >= 0.3 is 5.97 Å². The molecule has 8 nitrogen and oxygen atoms in total. The topological polar surface area (TPSA) is 102 Å². The van der Waals surface area contributed by atoms with Crippen molar-refractivity contribution in [1.29, 1.82) is 0 Å². The number of rotatable bonds is 7. The van der Waals surface area contributed by atoms with E-state index in [1.54, 1.807) is 50.2 Å². The van der Waals surface area contributed by atoms with Crippen molar-refractivity contribution in [3.8, 4) is 5.75 Å². The first kappa shape index (κ1) is 23.7. The van der Waals surface area contributed by atoms with Gasteiger partial charge in [0.25, 0.3) is 0 Å². The quantitative estimate of drug-likeness (QED) is 0.637. The molecule has 1 amide bonds. The maximum Gasteiger partial charge on any atom is 0.338 e. The first-order valence-corrected chi connectivity index (χ1v) is 11.9. The molecule has 172 valence electrons. The Hall–Kier alpha value is -2.91. The summed E-state index contributed by atoms with van der Waals surface area (Å²) in [4.78, 5) is 24.7. The number of methoxy groups -OCH3 is 1. The van der Waals surface area contributed by atoms with Crippen molar-refractivity contribution in [1.82, 2.24) is 4.31 Å². The lowest BCUT2D eigenvalue weighted by Crippen LogP contribution is -2.43. The second-order valence-corrected chi connectivity index (χ2v) is 9.56. The van der Waals surface area contributed by atoms with Crippen LogP contribution in [0.3, 0.4) is 0 Å². The normalized spacial score (nSPS) is 16.9. The van der Waals surface area contributed by atoms with E-state index >= 15 is 0 Å². The third-order valence-corrected chi connectivity index (χ3v) is 7.28. The molecule has 1 fully saturated rings. The number of amides is 1. The minimum absolute atomic E-state index is 0.111. The van der Waals surface area contributed by atoms with Crippen molar-refractivity contribution in [2.75, 3.05) is 32.1 Å². The Morgan fingerprint density at radius 1 is 1.16 bits per heavy atom. The van der Waals surface area contributed by atoms with E-state index in [0.29, 0.717) is 36.4 Å². The van der Waals surface area contributed by atoms with Gasteiger partial charge in [0.2, 0.25) is 15.9 Å². The Labute approximate surface area is 188 Å². The highest BCUT2D eigenvalue weighted by molar-refractivity contribution is 7.89. The van der Waals surface area contributed by atoms with Gasteiger partial charge in [0.05, 0.1) is 30.1 Å². The van der Waals surface area contributed by atoms with Crippen molar-refractivity contribution >= 4 is 27.6 Å². The number of anilines is 1. The lowest BCUT2D eigenvalue weighted by molar-refractivity contribution is -0.120. The highest BCUT2D eigenvalue weighted by Crippen LogP contribution is 2.27. The Kier molecular flexibility index (Phi) is 7.52. The molecule has 1 N–H and O–H groups in total. The lowest BCUT2D eigenvalue weighted by atomic mass is 9.98. The smallest absolute Gasteiger partial charge is 0.338 e. The summed E-state index contributed by atoms with van der Waals surface area (Å²) in [6, 6.07) is 11.2. The number of esters is 1. The summed E-state index contributed by atoms with van der Waals surface area (Å²) in [5, 5.41) is 2.82. The van der Waals surface area contributed by atoms with Crippen LogP contribution in [0.4, 0.5) is 5.69 Å². The van der Waals surface area contributed by atoms with Gasteiger partial charge in [0.15, 0.2) is 0 Å². The van der Waals surface area contributed by atoms with Crippen LogP contribution < -0.4 is 10.1 Å². The van der Waals surface area contributed by atoms with E-state index in [-0.39, 0.29) is 24.0 Å². The van der Waals surface area contributed by atoms with Crippen molar-refractivity contribution in [3.05, 3.63) is 53.6 Å². The van der Waals surface area contributed by atoms with E-state index in [2.05, 4.69) is 5.32 Å². The first-order chi connectivity index (χ1) is 15.3. The summed E-state index contributed by atoms with van der Waals surface area (Å²) in [6.45, 7) is 4.29. The number of carbonyl (C=O) groups excluding carboxylic acids is 2. The number of sulfonamides is 1. The summed E-state index contributed by atoms with van der Waals surface area (Å²) in [6.07, 6.45) is 1.19. The molecule has 32 heavy (non-hydrogen) atoms. The van der Waals surface area contributed by atoms with Crippen LogP contribution in [0.1, 0.15) is 35.7 Å². The molecule has 0 aliphatic carbocycles. The van der Waals surface area contributed by atoms with Crippen LogP contribution >= 0.6 is 0 Å². The average molecular weight is 461 g/mol. The van der Waals surface area contributed by atoms with Crippen LogP contribution in [0, 0.1) is 12.8 Å². The highest BCUT2D eigenvalue weighted by atomic mass is 32.2. The highest BCUT2D eigenvalue weighted by Gasteiger charge is 2.33. The van der Waals surface area contributed by atoms with Gasteiger partial charge < -0.3 is 14.8 Å².